The zero-order valence-electron chi connectivity index (χ0n) is 12.5. The molecule has 1 aromatic heterocycles. The van der Waals surface area contributed by atoms with Crippen LogP contribution in [0.4, 0.5) is 5.69 Å². The molecular formula is C18H16N2O2. The Morgan fingerprint density at radius 1 is 1.05 bits per heavy atom. The molecule has 1 amide bonds. The average Bonchev–Trinajstić information content (AvgIpc) is 2.53. The van der Waals surface area contributed by atoms with Crippen molar-refractivity contribution in [3.63, 3.8) is 0 Å². The summed E-state index contributed by atoms with van der Waals surface area (Å²) < 4.78 is 1.79. The van der Waals surface area contributed by atoms with Crippen molar-refractivity contribution in [1.29, 1.82) is 0 Å². The second-order valence-corrected chi connectivity index (χ2v) is 5.32. The van der Waals surface area contributed by atoms with Gasteiger partial charge in [0.25, 0.3) is 5.91 Å². The fraction of sp³-hybridized carbons (Fsp3) is 0.111. The molecule has 0 aliphatic carbocycles. The first-order valence-electron chi connectivity index (χ1n) is 7.02. The van der Waals surface area contributed by atoms with E-state index in [2.05, 4.69) is 5.32 Å². The fourth-order valence-corrected chi connectivity index (χ4v) is 2.44. The van der Waals surface area contributed by atoms with Crippen molar-refractivity contribution in [3.05, 3.63) is 76.1 Å². The molecule has 0 aliphatic rings. The second kappa shape index (κ2) is 5.48. The van der Waals surface area contributed by atoms with Gasteiger partial charge in [-0.15, -0.1) is 0 Å². The summed E-state index contributed by atoms with van der Waals surface area (Å²) in [5.74, 6) is -0.393. The predicted molar refractivity (Wildman–Crippen MR) is 88.3 cm³/mol. The van der Waals surface area contributed by atoms with E-state index in [1.54, 1.807) is 22.9 Å². The van der Waals surface area contributed by atoms with Gasteiger partial charge in [0, 0.05) is 24.3 Å². The number of fused-ring (bicyclic) bond motifs is 1. The van der Waals surface area contributed by atoms with E-state index in [9.17, 15) is 9.59 Å². The van der Waals surface area contributed by atoms with E-state index < -0.39 is 5.91 Å². The average molecular weight is 292 g/mol. The summed E-state index contributed by atoms with van der Waals surface area (Å²) in [6.45, 7) is 1.98. The highest BCUT2D eigenvalue weighted by molar-refractivity contribution is 6.05. The lowest BCUT2D eigenvalue weighted by molar-refractivity contribution is 0.102. The minimum Gasteiger partial charge on any atom is -0.350 e. The van der Waals surface area contributed by atoms with Gasteiger partial charge in [-0.2, -0.15) is 0 Å². The normalized spacial score (nSPS) is 10.6. The largest absolute Gasteiger partial charge is 0.350 e. The van der Waals surface area contributed by atoms with Crippen molar-refractivity contribution >= 4 is 22.5 Å². The number of carbonyl (C=O) groups is 1. The van der Waals surface area contributed by atoms with E-state index >= 15 is 0 Å². The minimum absolute atomic E-state index is 0.141. The van der Waals surface area contributed by atoms with Gasteiger partial charge in [0.2, 0.25) is 5.43 Å². The van der Waals surface area contributed by atoms with Crippen LogP contribution in [-0.2, 0) is 7.05 Å². The lowest BCUT2D eigenvalue weighted by Crippen LogP contribution is -2.23. The summed E-state index contributed by atoms with van der Waals surface area (Å²) in [5.41, 5.74) is 2.48. The van der Waals surface area contributed by atoms with Crippen LogP contribution < -0.4 is 10.7 Å². The Bertz CT molecular complexity index is 909. The lowest BCUT2D eigenvalue weighted by Gasteiger charge is -2.09. The van der Waals surface area contributed by atoms with Gasteiger partial charge in [0.05, 0.1) is 5.52 Å². The topological polar surface area (TPSA) is 51.1 Å². The summed E-state index contributed by atoms with van der Waals surface area (Å²) in [6.07, 6.45) is 1.58. The molecule has 4 heteroatoms. The molecule has 0 spiro atoms. The van der Waals surface area contributed by atoms with E-state index in [0.29, 0.717) is 11.1 Å². The molecule has 0 aliphatic heterocycles. The molecule has 0 fully saturated rings. The number of nitrogens with one attached hydrogen (secondary N) is 1. The molecule has 2 aromatic carbocycles. The van der Waals surface area contributed by atoms with Crippen LogP contribution >= 0.6 is 0 Å². The summed E-state index contributed by atoms with van der Waals surface area (Å²) in [4.78, 5) is 24.9. The summed E-state index contributed by atoms with van der Waals surface area (Å²) >= 11 is 0. The van der Waals surface area contributed by atoms with Crippen LogP contribution in [0.5, 0.6) is 0 Å². The third-order valence-corrected chi connectivity index (χ3v) is 3.65. The van der Waals surface area contributed by atoms with Gasteiger partial charge < -0.3 is 9.88 Å². The van der Waals surface area contributed by atoms with Gasteiger partial charge in [-0.1, -0.05) is 29.8 Å². The molecule has 0 saturated carbocycles. The molecule has 3 rings (SSSR count). The Kier molecular flexibility index (Phi) is 3.51. The van der Waals surface area contributed by atoms with Crippen LogP contribution in [0.25, 0.3) is 10.9 Å². The number of hydrogen-bond acceptors (Lipinski definition) is 2. The first kappa shape index (κ1) is 14.1. The predicted octanol–water partition coefficient (Wildman–Crippen LogP) is 3.10. The van der Waals surface area contributed by atoms with E-state index in [1.807, 2.05) is 50.4 Å². The van der Waals surface area contributed by atoms with E-state index in [4.69, 9.17) is 0 Å². The van der Waals surface area contributed by atoms with Crippen LogP contribution in [0.3, 0.4) is 0 Å². The van der Waals surface area contributed by atoms with Crippen LogP contribution in [-0.4, -0.2) is 10.5 Å². The van der Waals surface area contributed by atoms with Gasteiger partial charge in [-0.3, -0.25) is 9.59 Å². The Hall–Kier alpha value is -2.88. The Labute approximate surface area is 128 Å². The number of nitrogens with zero attached hydrogens (tertiary/aromatic N) is 1. The number of carbonyl (C=O) groups excluding carboxylic acids is 1. The molecule has 3 aromatic rings. The van der Waals surface area contributed by atoms with Crippen molar-refractivity contribution in [3.8, 4) is 0 Å². The van der Waals surface area contributed by atoms with Crippen LogP contribution in [0.15, 0.2) is 59.5 Å². The number of amides is 1. The van der Waals surface area contributed by atoms with Crippen molar-refractivity contribution in [1.82, 2.24) is 4.57 Å². The second-order valence-electron chi connectivity index (χ2n) is 5.32. The number of anilines is 1. The number of aryl methyl sites for hydroxylation is 2. The molecule has 1 N–H and O–H groups in total. The zero-order chi connectivity index (χ0) is 15.7. The van der Waals surface area contributed by atoms with Crippen molar-refractivity contribution in [2.75, 3.05) is 5.32 Å². The van der Waals surface area contributed by atoms with Gasteiger partial charge in [0.15, 0.2) is 0 Å². The van der Waals surface area contributed by atoms with E-state index in [1.165, 1.54) is 0 Å². The maximum Gasteiger partial charge on any atom is 0.261 e. The smallest absolute Gasteiger partial charge is 0.261 e. The highest BCUT2D eigenvalue weighted by Gasteiger charge is 2.14. The Balaban J connectivity index is 2.02. The van der Waals surface area contributed by atoms with Gasteiger partial charge in [0.1, 0.15) is 5.56 Å². The fourth-order valence-electron chi connectivity index (χ4n) is 2.44. The molecule has 110 valence electrons. The van der Waals surface area contributed by atoms with Gasteiger partial charge >= 0.3 is 0 Å². The van der Waals surface area contributed by atoms with Crippen molar-refractivity contribution in [2.45, 2.75) is 6.92 Å². The first-order valence-corrected chi connectivity index (χ1v) is 7.02. The first-order chi connectivity index (χ1) is 10.6. The highest BCUT2D eigenvalue weighted by atomic mass is 16.2. The summed E-state index contributed by atoms with van der Waals surface area (Å²) in [7, 11) is 1.82. The van der Waals surface area contributed by atoms with Crippen LogP contribution in [0, 0.1) is 6.92 Å². The number of hydrogen-bond donors (Lipinski definition) is 1. The maximum atomic E-state index is 12.5. The summed E-state index contributed by atoms with van der Waals surface area (Å²) in [6, 6.07) is 14.7. The molecule has 0 atom stereocenters. The molecule has 0 saturated heterocycles. The molecule has 1 heterocycles. The van der Waals surface area contributed by atoms with E-state index in [0.717, 1.165) is 11.1 Å². The minimum atomic E-state index is -0.393. The van der Waals surface area contributed by atoms with Gasteiger partial charge in [-0.05, 0) is 31.2 Å². The third-order valence-electron chi connectivity index (χ3n) is 3.65. The van der Waals surface area contributed by atoms with E-state index in [-0.39, 0.29) is 11.0 Å². The van der Waals surface area contributed by atoms with Crippen molar-refractivity contribution in [2.24, 2.45) is 7.05 Å². The standard InChI is InChI=1S/C18H16N2O2/c1-12-7-9-13(10-8-12)19-18(22)15-11-20(2)16-6-4-3-5-14(16)17(15)21/h3-11H,1-2H3,(H,19,22). The third kappa shape index (κ3) is 2.51. The van der Waals surface area contributed by atoms with Gasteiger partial charge in [-0.25, -0.2) is 0 Å². The maximum absolute atomic E-state index is 12.5. The molecule has 0 bridgehead atoms. The molecule has 4 nitrogen and oxygen atoms in total. The quantitative estimate of drug-likeness (QED) is 0.789. The lowest BCUT2D eigenvalue weighted by atomic mass is 10.1. The number of aromatic nitrogens is 1. The molecular weight excluding hydrogens is 276 g/mol. The van der Waals surface area contributed by atoms with Crippen molar-refractivity contribution < 1.29 is 4.79 Å². The zero-order valence-corrected chi connectivity index (χ0v) is 12.5. The monoisotopic (exact) mass is 292 g/mol. The Morgan fingerprint density at radius 2 is 1.73 bits per heavy atom. The number of rotatable bonds is 2. The molecule has 22 heavy (non-hydrogen) atoms. The number of benzene rings is 2. The van der Waals surface area contributed by atoms with Crippen LogP contribution in [0.2, 0.25) is 0 Å². The Morgan fingerprint density at radius 3 is 2.45 bits per heavy atom. The molecule has 0 unspecified atom stereocenters. The number of para-hydroxylation sites is 1. The number of pyridine rings is 1. The SMILES string of the molecule is Cc1ccc(NC(=O)c2cn(C)c3ccccc3c2=O)cc1. The van der Waals surface area contributed by atoms with Crippen LogP contribution in [0.1, 0.15) is 15.9 Å². The highest BCUT2D eigenvalue weighted by Crippen LogP contribution is 2.13. The molecule has 0 radical (unpaired) electrons. The summed E-state index contributed by atoms with van der Waals surface area (Å²) in [5, 5.41) is 3.31.